The fraction of sp³-hybridized carbons (Fsp3) is 0.700. The van der Waals surface area contributed by atoms with Crippen LogP contribution in [-0.4, -0.2) is 41.8 Å². The first kappa shape index (κ1) is 11.9. The third kappa shape index (κ3) is 3.16. The molecule has 3 atom stereocenters. The van der Waals surface area contributed by atoms with Crippen LogP contribution in [0.25, 0.3) is 0 Å². The van der Waals surface area contributed by atoms with Crippen LogP contribution in [0.5, 0.6) is 0 Å². The fourth-order valence-electron chi connectivity index (χ4n) is 1.80. The maximum Gasteiger partial charge on any atom is 0.329 e. The van der Waals surface area contributed by atoms with Gasteiger partial charge in [-0.15, -0.1) is 0 Å². The summed E-state index contributed by atoms with van der Waals surface area (Å²) in [5, 5.41) is 11.7. The Morgan fingerprint density at radius 1 is 1.67 bits per heavy atom. The van der Waals surface area contributed by atoms with Crippen molar-refractivity contribution in [3.63, 3.8) is 0 Å². The van der Waals surface area contributed by atoms with Crippen LogP contribution in [0.1, 0.15) is 20.3 Å². The topological polar surface area (TPSA) is 75.6 Å². The Labute approximate surface area is 88.1 Å². The van der Waals surface area contributed by atoms with Crippen molar-refractivity contribution in [1.29, 1.82) is 0 Å². The highest BCUT2D eigenvalue weighted by Gasteiger charge is 2.30. The van der Waals surface area contributed by atoms with Crippen molar-refractivity contribution in [3.05, 3.63) is 5.57 Å². The van der Waals surface area contributed by atoms with E-state index in [-0.39, 0.29) is 18.7 Å². The van der Waals surface area contributed by atoms with E-state index < -0.39 is 12.1 Å². The molecule has 1 aliphatic heterocycles. The molecule has 0 bridgehead atoms. The van der Waals surface area contributed by atoms with Crippen LogP contribution in [0.2, 0.25) is 0 Å². The lowest BCUT2D eigenvalue weighted by Gasteiger charge is -2.33. The number of hydrogen-bond donors (Lipinski definition) is 2. The van der Waals surface area contributed by atoms with Crippen LogP contribution in [0.4, 0.5) is 0 Å². The molecular formula is C10H15NO4. The first-order valence-electron chi connectivity index (χ1n) is 4.89. The molecule has 0 aromatic rings. The zero-order valence-corrected chi connectivity index (χ0v) is 8.82. The zero-order chi connectivity index (χ0) is 11.4. The van der Waals surface area contributed by atoms with E-state index in [1.807, 2.05) is 19.8 Å². The normalized spacial score (nSPS) is 31.1. The van der Waals surface area contributed by atoms with Crippen LogP contribution < -0.4 is 5.32 Å². The van der Waals surface area contributed by atoms with E-state index in [0.29, 0.717) is 12.0 Å². The summed E-state index contributed by atoms with van der Waals surface area (Å²) in [5.74, 6) is 0.806. The second-order valence-corrected chi connectivity index (χ2v) is 3.78. The van der Waals surface area contributed by atoms with Gasteiger partial charge in [-0.05, 0) is 20.3 Å². The lowest BCUT2D eigenvalue weighted by atomic mass is 9.93. The van der Waals surface area contributed by atoms with Gasteiger partial charge in [-0.2, -0.15) is 0 Å². The molecule has 5 nitrogen and oxygen atoms in total. The summed E-state index contributed by atoms with van der Waals surface area (Å²) in [5.41, 5.74) is 0.467. The summed E-state index contributed by atoms with van der Waals surface area (Å²) in [7, 11) is 0. The van der Waals surface area contributed by atoms with Crippen LogP contribution >= 0.6 is 0 Å². The highest BCUT2D eigenvalue weighted by molar-refractivity contribution is 5.68. The second kappa shape index (κ2) is 5.07. The number of ether oxygens (including phenoxy) is 1. The van der Waals surface area contributed by atoms with Gasteiger partial charge >= 0.3 is 5.97 Å². The number of carbonyl (C=O) groups is 1. The molecule has 1 fully saturated rings. The van der Waals surface area contributed by atoms with Crippen molar-refractivity contribution in [3.8, 4) is 0 Å². The Bertz CT molecular complexity index is 296. The maximum absolute atomic E-state index is 10.7. The van der Waals surface area contributed by atoms with Gasteiger partial charge in [0.05, 0.1) is 11.7 Å². The lowest BCUT2D eigenvalue weighted by Crippen LogP contribution is -2.47. The van der Waals surface area contributed by atoms with E-state index in [1.165, 1.54) is 0 Å². The molecule has 15 heavy (non-hydrogen) atoms. The number of nitrogens with one attached hydrogen (secondary N) is 1. The van der Waals surface area contributed by atoms with Crippen LogP contribution in [0, 0.1) is 0 Å². The number of rotatable bonds is 3. The number of carboxylic acid groups (broad SMARTS) is 1. The standard InChI is InChI=1S/C10H15NO4/c1-6-3-9(15-5-10(13)14)8(4-12)7(2)11-6/h6-7,9,11H,3,5H2,1-2H3,(H,13,14). The smallest absolute Gasteiger partial charge is 0.329 e. The molecule has 0 spiro atoms. The van der Waals surface area contributed by atoms with Crippen molar-refractivity contribution >= 4 is 11.9 Å². The van der Waals surface area contributed by atoms with Crippen LogP contribution in [-0.2, 0) is 14.3 Å². The minimum atomic E-state index is -1.03. The second-order valence-electron chi connectivity index (χ2n) is 3.78. The molecule has 0 saturated carbocycles. The van der Waals surface area contributed by atoms with Gasteiger partial charge in [0.15, 0.2) is 0 Å². The molecule has 1 saturated heterocycles. The Kier molecular flexibility index (Phi) is 4.03. The van der Waals surface area contributed by atoms with E-state index in [9.17, 15) is 9.59 Å². The molecular weight excluding hydrogens is 198 g/mol. The molecule has 3 unspecified atom stereocenters. The summed E-state index contributed by atoms with van der Waals surface area (Å²) in [4.78, 5) is 21.1. The quantitative estimate of drug-likeness (QED) is 0.645. The molecule has 5 heteroatoms. The Hall–Kier alpha value is -1.16. The number of aliphatic carboxylic acids is 1. The average molecular weight is 213 g/mol. The van der Waals surface area contributed by atoms with Crippen molar-refractivity contribution in [2.24, 2.45) is 0 Å². The van der Waals surface area contributed by atoms with E-state index in [0.717, 1.165) is 0 Å². The number of carboxylic acids is 1. The predicted octanol–water partition coefficient (Wildman–Crippen LogP) is -0.0155. The first-order valence-corrected chi connectivity index (χ1v) is 4.89. The molecule has 0 aromatic carbocycles. The van der Waals surface area contributed by atoms with Gasteiger partial charge in [0.25, 0.3) is 0 Å². The summed E-state index contributed by atoms with van der Waals surface area (Å²) in [6, 6.07) is 0.0981. The van der Waals surface area contributed by atoms with Gasteiger partial charge < -0.3 is 15.2 Å². The summed E-state index contributed by atoms with van der Waals surface area (Å²) < 4.78 is 5.15. The fourth-order valence-corrected chi connectivity index (χ4v) is 1.80. The monoisotopic (exact) mass is 213 g/mol. The number of carbonyl (C=O) groups excluding carboxylic acids is 1. The maximum atomic E-state index is 10.7. The molecule has 0 radical (unpaired) electrons. The number of piperidine rings is 1. The largest absolute Gasteiger partial charge is 0.480 e. The van der Waals surface area contributed by atoms with Gasteiger partial charge in [-0.25, -0.2) is 9.59 Å². The molecule has 84 valence electrons. The third-order valence-electron chi connectivity index (χ3n) is 2.44. The Morgan fingerprint density at radius 2 is 2.33 bits per heavy atom. The van der Waals surface area contributed by atoms with Crippen molar-refractivity contribution in [2.45, 2.75) is 38.5 Å². The van der Waals surface area contributed by atoms with Crippen molar-refractivity contribution < 1.29 is 19.4 Å². The van der Waals surface area contributed by atoms with Gasteiger partial charge in [0, 0.05) is 12.1 Å². The molecule has 1 heterocycles. The SMILES string of the molecule is CC1CC(OCC(=O)O)C(=C=O)C(C)N1. The molecule has 1 aliphatic rings. The molecule has 2 N–H and O–H groups in total. The third-order valence-corrected chi connectivity index (χ3v) is 2.44. The van der Waals surface area contributed by atoms with E-state index in [2.05, 4.69) is 5.32 Å². The van der Waals surface area contributed by atoms with E-state index >= 15 is 0 Å². The summed E-state index contributed by atoms with van der Waals surface area (Å²) in [6.45, 7) is 3.43. The minimum absolute atomic E-state index is 0.106. The molecule has 1 rings (SSSR count). The molecule has 0 aliphatic carbocycles. The predicted molar refractivity (Wildman–Crippen MR) is 53.3 cm³/mol. The van der Waals surface area contributed by atoms with Gasteiger partial charge in [-0.3, -0.25) is 0 Å². The van der Waals surface area contributed by atoms with E-state index in [1.54, 1.807) is 0 Å². The minimum Gasteiger partial charge on any atom is -0.480 e. The summed E-state index contributed by atoms with van der Waals surface area (Å²) in [6.07, 6.45) is 0.173. The highest BCUT2D eigenvalue weighted by atomic mass is 16.5. The van der Waals surface area contributed by atoms with Crippen LogP contribution in [0.3, 0.4) is 0 Å². The Balaban J connectivity index is 2.66. The van der Waals surface area contributed by atoms with Crippen LogP contribution in [0.15, 0.2) is 5.57 Å². The van der Waals surface area contributed by atoms with Crippen molar-refractivity contribution in [2.75, 3.05) is 6.61 Å². The molecule has 0 amide bonds. The van der Waals surface area contributed by atoms with Gasteiger partial charge in [0.2, 0.25) is 0 Å². The number of hydrogen-bond acceptors (Lipinski definition) is 4. The average Bonchev–Trinajstić information content (AvgIpc) is 2.13. The Morgan fingerprint density at radius 3 is 2.87 bits per heavy atom. The highest BCUT2D eigenvalue weighted by Crippen LogP contribution is 2.20. The first-order chi connectivity index (χ1) is 7.04. The molecule has 0 aromatic heterocycles. The van der Waals surface area contributed by atoms with E-state index in [4.69, 9.17) is 9.84 Å². The van der Waals surface area contributed by atoms with Crippen molar-refractivity contribution in [1.82, 2.24) is 5.32 Å². The lowest BCUT2D eigenvalue weighted by molar-refractivity contribution is -0.144. The zero-order valence-electron chi connectivity index (χ0n) is 8.82. The van der Waals surface area contributed by atoms with Gasteiger partial charge in [0.1, 0.15) is 12.5 Å². The van der Waals surface area contributed by atoms with Gasteiger partial charge in [-0.1, -0.05) is 0 Å². The summed E-state index contributed by atoms with van der Waals surface area (Å²) >= 11 is 0.